The van der Waals surface area contributed by atoms with Crippen LogP contribution in [-0.2, 0) is 11.3 Å². The van der Waals surface area contributed by atoms with Gasteiger partial charge in [-0.1, -0.05) is 0 Å². The molecule has 0 unspecified atom stereocenters. The standard InChI is InChI=1S/C17H22N4O2S/c1-9-6-14(7-10(2)16(9)19-12(4)22)21-17(23)18-8-15-11(3)24-13(5)20-15/h6-7H,8H2,1-5H3,(H,19,22)(H2,18,21,23). The van der Waals surface area contributed by atoms with E-state index in [1.807, 2.05) is 39.8 Å². The maximum atomic E-state index is 12.1. The average molecular weight is 346 g/mol. The first-order valence-electron chi connectivity index (χ1n) is 7.63. The van der Waals surface area contributed by atoms with Gasteiger partial charge in [0.15, 0.2) is 0 Å². The van der Waals surface area contributed by atoms with Crippen molar-refractivity contribution < 1.29 is 9.59 Å². The van der Waals surface area contributed by atoms with Crippen molar-refractivity contribution in [1.82, 2.24) is 10.3 Å². The number of carbonyl (C=O) groups is 2. The van der Waals surface area contributed by atoms with Gasteiger partial charge in [-0.05, 0) is 51.0 Å². The fraction of sp³-hybridized carbons (Fsp3) is 0.353. The Morgan fingerprint density at radius 1 is 1.08 bits per heavy atom. The summed E-state index contributed by atoms with van der Waals surface area (Å²) in [6.07, 6.45) is 0. The molecule has 0 bridgehead atoms. The Balaban J connectivity index is 2.01. The summed E-state index contributed by atoms with van der Waals surface area (Å²) in [5.74, 6) is -0.117. The van der Waals surface area contributed by atoms with Crippen LogP contribution in [0.5, 0.6) is 0 Å². The highest BCUT2D eigenvalue weighted by Crippen LogP contribution is 2.25. The van der Waals surface area contributed by atoms with E-state index >= 15 is 0 Å². The van der Waals surface area contributed by atoms with Crippen LogP contribution in [0.1, 0.15) is 33.6 Å². The minimum atomic E-state index is -0.286. The molecule has 0 radical (unpaired) electrons. The van der Waals surface area contributed by atoms with Gasteiger partial charge in [0, 0.05) is 23.2 Å². The van der Waals surface area contributed by atoms with Gasteiger partial charge in [0.2, 0.25) is 5.91 Å². The molecule has 3 N–H and O–H groups in total. The number of urea groups is 1. The van der Waals surface area contributed by atoms with Crippen molar-refractivity contribution in [1.29, 1.82) is 0 Å². The maximum Gasteiger partial charge on any atom is 0.319 e. The molecule has 1 aromatic heterocycles. The van der Waals surface area contributed by atoms with E-state index in [1.54, 1.807) is 11.3 Å². The average Bonchev–Trinajstić information content (AvgIpc) is 2.78. The lowest BCUT2D eigenvalue weighted by molar-refractivity contribution is -0.114. The molecule has 0 aliphatic heterocycles. The first-order valence-corrected chi connectivity index (χ1v) is 8.44. The van der Waals surface area contributed by atoms with Gasteiger partial charge in [-0.2, -0.15) is 0 Å². The van der Waals surface area contributed by atoms with Crippen molar-refractivity contribution in [2.75, 3.05) is 10.6 Å². The summed E-state index contributed by atoms with van der Waals surface area (Å²) in [6.45, 7) is 9.59. The van der Waals surface area contributed by atoms with Crippen molar-refractivity contribution >= 4 is 34.6 Å². The van der Waals surface area contributed by atoms with E-state index in [0.717, 1.165) is 32.4 Å². The lowest BCUT2D eigenvalue weighted by atomic mass is 10.1. The van der Waals surface area contributed by atoms with E-state index in [4.69, 9.17) is 0 Å². The van der Waals surface area contributed by atoms with E-state index in [9.17, 15) is 9.59 Å². The lowest BCUT2D eigenvalue weighted by Crippen LogP contribution is -2.28. The van der Waals surface area contributed by atoms with Gasteiger partial charge in [0.1, 0.15) is 0 Å². The third-order valence-corrected chi connectivity index (χ3v) is 4.44. The molecule has 0 spiro atoms. The highest BCUT2D eigenvalue weighted by Gasteiger charge is 2.10. The fourth-order valence-electron chi connectivity index (χ4n) is 2.48. The smallest absolute Gasteiger partial charge is 0.319 e. The molecule has 0 fully saturated rings. The lowest BCUT2D eigenvalue weighted by Gasteiger charge is -2.14. The summed E-state index contributed by atoms with van der Waals surface area (Å²) < 4.78 is 0. The van der Waals surface area contributed by atoms with E-state index in [0.29, 0.717) is 12.2 Å². The number of thiazole rings is 1. The minimum absolute atomic E-state index is 0.117. The van der Waals surface area contributed by atoms with Gasteiger partial charge in [0.25, 0.3) is 0 Å². The largest absolute Gasteiger partial charge is 0.332 e. The second kappa shape index (κ2) is 7.44. The molecular weight excluding hydrogens is 324 g/mol. The van der Waals surface area contributed by atoms with Gasteiger partial charge < -0.3 is 16.0 Å². The quantitative estimate of drug-likeness (QED) is 0.790. The van der Waals surface area contributed by atoms with Crippen LogP contribution in [0.15, 0.2) is 12.1 Å². The minimum Gasteiger partial charge on any atom is -0.332 e. The first-order chi connectivity index (χ1) is 11.3. The van der Waals surface area contributed by atoms with Gasteiger partial charge in [-0.3, -0.25) is 4.79 Å². The number of carbonyl (C=O) groups excluding carboxylic acids is 2. The molecule has 6 nitrogen and oxygen atoms in total. The van der Waals surface area contributed by atoms with Crippen LogP contribution in [-0.4, -0.2) is 16.9 Å². The van der Waals surface area contributed by atoms with E-state index < -0.39 is 0 Å². The van der Waals surface area contributed by atoms with Crippen LogP contribution in [0, 0.1) is 27.7 Å². The number of rotatable bonds is 4. The molecule has 0 saturated heterocycles. The summed E-state index contributed by atoms with van der Waals surface area (Å²) in [4.78, 5) is 28.8. The zero-order valence-electron chi connectivity index (χ0n) is 14.5. The zero-order chi connectivity index (χ0) is 17.9. The van der Waals surface area contributed by atoms with Crippen molar-refractivity contribution in [3.8, 4) is 0 Å². The summed E-state index contributed by atoms with van der Waals surface area (Å²) in [5, 5.41) is 9.42. The monoisotopic (exact) mass is 346 g/mol. The van der Waals surface area contributed by atoms with Crippen molar-refractivity contribution in [2.45, 2.75) is 41.2 Å². The molecule has 3 amide bonds. The Labute approximate surface area is 145 Å². The number of hydrogen-bond acceptors (Lipinski definition) is 4. The number of hydrogen-bond donors (Lipinski definition) is 3. The second-order valence-corrected chi connectivity index (χ2v) is 7.12. The fourth-order valence-corrected chi connectivity index (χ4v) is 3.32. The predicted octanol–water partition coefficient (Wildman–Crippen LogP) is 3.66. The summed E-state index contributed by atoms with van der Waals surface area (Å²) in [7, 11) is 0. The van der Waals surface area contributed by atoms with Crippen molar-refractivity contribution in [2.24, 2.45) is 0 Å². The highest BCUT2D eigenvalue weighted by atomic mass is 32.1. The molecule has 0 aliphatic rings. The Morgan fingerprint density at radius 3 is 2.21 bits per heavy atom. The number of aromatic nitrogens is 1. The van der Waals surface area contributed by atoms with Crippen LogP contribution in [0.3, 0.4) is 0 Å². The molecule has 7 heteroatoms. The van der Waals surface area contributed by atoms with Crippen LogP contribution in [0.4, 0.5) is 16.2 Å². The molecule has 128 valence electrons. The summed E-state index contributed by atoms with van der Waals surface area (Å²) in [6, 6.07) is 3.37. The maximum absolute atomic E-state index is 12.1. The van der Waals surface area contributed by atoms with Crippen LogP contribution >= 0.6 is 11.3 Å². The molecule has 0 atom stereocenters. The van der Waals surface area contributed by atoms with E-state index in [-0.39, 0.29) is 11.9 Å². The molecule has 0 saturated carbocycles. The third kappa shape index (κ3) is 4.55. The SMILES string of the molecule is CC(=O)Nc1c(C)cc(NC(=O)NCc2nc(C)sc2C)cc1C. The van der Waals surface area contributed by atoms with Gasteiger partial charge in [0.05, 0.1) is 17.2 Å². The molecular formula is C17H22N4O2S. The van der Waals surface area contributed by atoms with Gasteiger partial charge >= 0.3 is 6.03 Å². The number of anilines is 2. The third-order valence-electron chi connectivity index (χ3n) is 3.51. The van der Waals surface area contributed by atoms with Gasteiger partial charge in [-0.25, -0.2) is 9.78 Å². The Hall–Kier alpha value is -2.41. The Kier molecular flexibility index (Phi) is 5.56. The topological polar surface area (TPSA) is 83.1 Å². The Bertz CT molecular complexity index is 760. The molecule has 2 rings (SSSR count). The van der Waals surface area contributed by atoms with Crippen molar-refractivity contribution in [3.05, 3.63) is 38.8 Å². The number of amides is 3. The predicted molar refractivity (Wildman–Crippen MR) is 97.7 cm³/mol. The Morgan fingerprint density at radius 2 is 1.71 bits per heavy atom. The normalized spacial score (nSPS) is 10.4. The van der Waals surface area contributed by atoms with Crippen molar-refractivity contribution in [3.63, 3.8) is 0 Å². The van der Waals surface area contributed by atoms with Crippen LogP contribution < -0.4 is 16.0 Å². The number of benzene rings is 1. The van der Waals surface area contributed by atoms with E-state index in [1.165, 1.54) is 6.92 Å². The van der Waals surface area contributed by atoms with Crippen LogP contribution in [0.2, 0.25) is 0 Å². The zero-order valence-corrected chi connectivity index (χ0v) is 15.4. The van der Waals surface area contributed by atoms with Crippen LogP contribution in [0.25, 0.3) is 0 Å². The number of aryl methyl sites for hydroxylation is 4. The summed E-state index contributed by atoms with van der Waals surface area (Å²) >= 11 is 1.62. The van der Waals surface area contributed by atoms with E-state index in [2.05, 4.69) is 20.9 Å². The number of nitrogens with one attached hydrogen (secondary N) is 3. The second-order valence-electron chi connectivity index (χ2n) is 5.71. The molecule has 1 heterocycles. The molecule has 2 aromatic rings. The van der Waals surface area contributed by atoms with Gasteiger partial charge in [-0.15, -0.1) is 11.3 Å². The summed E-state index contributed by atoms with van der Waals surface area (Å²) in [5.41, 5.74) is 4.14. The molecule has 24 heavy (non-hydrogen) atoms. The highest BCUT2D eigenvalue weighted by molar-refractivity contribution is 7.11. The number of nitrogens with zero attached hydrogens (tertiary/aromatic N) is 1. The first kappa shape index (κ1) is 17.9. The molecule has 1 aromatic carbocycles. The molecule has 0 aliphatic carbocycles.